The van der Waals surface area contributed by atoms with Crippen LogP contribution in [0.15, 0.2) is 4.51 Å². The highest BCUT2D eigenvalue weighted by Crippen LogP contribution is 2.21. The minimum atomic E-state index is -0.242. The molecule has 0 aliphatic rings. The maximum atomic E-state index is 11.1. The molecular formula is C12H21Cl2NO2. The second-order valence-electron chi connectivity index (χ2n) is 4.53. The molecule has 0 amide bonds. The summed E-state index contributed by atoms with van der Waals surface area (Å²) in [6.07, 6.45) is 3.43. The zero-order valence-electron chi connectivity index (χ0n) is 10.8. The number of hydrogen-bond donors (Lipinski definition) is 0. The van der Waals surface area contributed by atoms with Gasteiger partial charge in [0, 0.05) is 28.8 Å². The molecule has 0 N–H and O–H groups in total. The largest absolute Gasteiger partial charge is 0.466 e. The second kappa shape index (κ2) is 8.76. The van der Waals surface area contributed by atoms with Crippen LogP contribution < -0.4 is 0 Å². The first kappa shape index (κ1) is 16.7. The van der Waals surface area contributed by atoms with Crippen LogP contribution in [0.4, 0.5) is 0 Å². The number of nitrogens with zero attached hydrogens (tertiary/aromatic N) is 1. The van der Waals surface area contributed by atoms with Crippen LogP contribution in [-0.4, -0.2) is 23.2 Å². The molecule has 0 heterocycles. The molecule has 0 aliphatic heterocycles. The van der Waals surface area contributed by atoms with Gasteiger partial charge in [0.1, 0.15) is 0 Å². The van der Waals surface area contributed by atoms with Gasteiger partial charge in [-0.2, -0.15) is 4.51 Å². The van der Waals surface area contributed by atoms with Gasteiger partial charge in [0.25, 0.3) is 0 Å². The number of rotatable bonds is 8. The van der Waals surface area contributed by atoms with Crippen molar-refractivity contribution < 1.29 is 9.53 Å². The Kier molecular flexibility index (Phi) is 8.61. The summed E-state index contributed by atoms with van der Waals surface area (Å²) in [4.78, 5) is 10.9. The molecule has 0 aromatic heterocycles. The second-order valence-corrected chi connectivity index (χ2v) is 5.72. The molecule has 5 heteroatoms. The van der Waals surface area contributed by atoms with Crippen LogP contribution >= 0.6 is 23.4 Å². The molecule has 0 spiro atoms. The van der Waals surface area contributed by atoms with Gasteiger partial charge in [0.2, 0.25) is 0 Å². The molecule has 0 aromatic carbocycles. The Morgan fingerprint density at radius 2 is 1.94 bits per heavy atom. The molecule has 0 radical (unpaired) electrons. The number of carbonyl (C=O) groups excluding carboxylic acids is 1. The van der Waals surface area contributed by atoms with Crippen molar-refractivity contribution in [2.45, 2.75) is 57.7 Å². The summed E-state index contributed by atoms with van der Waals surface area (Å²) in [5.74, 6) is -0.168. The van der Waals surface area contributed by atoms with E-state index in [9.17, 15) is 4.79 Å². The average molecular weight is 282 g/mol. The normalized spacial score (nSPS) is 12.6. The van der Waals surface area contributed by atoms with Crippen molar-refractivity contribution >= 4 is 35.1 Å². The summed E-state index contributed by atoms with van der Waals surface area (Å²) in [5, 5.41) is 0. The molecule has 0 saturated heterocycles. The maximum Gasteiger partial charge on any atom is 0.305 e. The van der Waals surface area contributed by atoms with Gasteiger partial charge in [-0.25, -0.2) is 0 Å². The summed E-state index contributed by atoms with van der Waals surface area (Å²) in [7, 11) is 0. The highest BCUT2D eigenvalue weighted by atomic mass is 35.5. The van der Waals surface area contributed by atoms with Crippen molar-refractivity contribution in [2.24, 2.45) is 4.51 Å². The van der Waals surface area contributed by atoms with E-state index in [4.69, 9.17) is 28.1 Å². The monoisotopic (exact) mass is 281 g/mol. The van der Waals surface area contributed by atoms with Gasteiger partial charge in [0.15, 0.2) is 0 Å². The van der Waals surface area contributed by atoms with Gasteiger partial charge >= 0.3 is 5.97 Å². The van der Waals surface area contributed by atoms with Crippen molar-refractivity contribution in [2.75, 3.05) is 6.61 Å². The molecule has 0 aromatic rings. The quantitative estimate of drug-likeness (QED) is 0.382. The highest BCUT2D eigenvalue weighted by Gasteiger charge is 2.14. The van der Waals surface area contributed by atoms with Crippen molar-refractivity contribution in [1.82, 2.24) is 0 Å². The molecule has 0 atom stereocenters. The van der Waals surface area contributed by atoms with Gasteiger partial charge in [-0.15, -0.1) is 11.6 Å². The minimum absolute atomic E-state index is 0.168. The van der Waals surface area contributed by atoms with Gasteiger partial charge in [0.05, 0.1) is 6.61 Å². The van der Waals surface area contributed by atoms with Crippen LogP contribution in [0.2, 0.25) is 0 Å². The van der Waals surface area contributed by atoms with Crippen molar-refractivity contribution in [1.29, 1.82) is 0 Å². The van der Waals surface area contributed by atoms with Gasteiger partial charge in [-0.3, -0.25) is 4.79 Å². The third-order valence-electron chi connectivity index (χ3n) is 2.28. The number of hydrogen-bond acceptors (Lipinski definition) is 3. The Hall–Kier alpha value is -0.280. The van der Waals surface area contributed by atoms with E-state index in [0.717, 1.165) is 25.0 Å². The molecule has 0 bridgehead atoms. The SMILES string of the molecule is CCOC(=O)CCC/C(CCC(C)(C)Cl)=N/Cl. The highest BCUT2D eigenvalue weighted by molar-refractivity contribution is 6.23. The first-order valence-corrected chi connectivity index (χ1v) is 6.62. The predicted molar refractivity (Wildman–Crippen MR) is 72.9 cm³/mol. The molecule has 0 aliphatic carbocycles. The standard InChI is InChI=1S/C12H21Cl2NO2/c1-4-17-11(16)7-5-6-10(15-14)8-9-12(2,3)13/h4-9H2,1-3H3/b15-10-. The topological polar surface area (TPSA) is 38.7 Å². The zero-order chi connectivity index (χ0) is 13.3. The first-order valence-electron chi connectivity index (χ1n) is 5.90. The van der Waals surface area contributed by atoms with Crippen LogP contribution in [0.1, 0.15) is 52.9 Å². The summed E-state index contributed by atoms with van der Waals surface area (Å²) in [6.45, 7) is 6.14. The summed E-state index contributed by atoms with van der Waals surface area (Å²) < 4.78 is 8.55. The third-order valence-corrected chi connectivity index (χ3v) is 2.71. The fourth-order valence-electron chi connectivity index (χ4n) is 1.32. The smallest absolute Gasteiger partial charge is 0.305 e. The molecular weight excluding hydrogens is 261 g/mol. The van der Waals surface area contributed by atoms with Crippen LogP contribution in [0.5, 0.6) is 0 Å². The lowest BCUT2D eigenvalue weighted by Crippen LogP contribution is -2.13. The summed E-state index contributed by atoms with van der Waals surface area (Å²) in [5.41, 5.74) is 0.893. The first-order chi connectivity index (χ1) is 7.89. The number of ether oxygens (including phenoxy) is 1. The van der Waals surface area contributed by atoms with E-state index in [1.807, 2.05) is 13.8 Å². The summed E-state index contributed by atoms with van der Waals surface area (Å²) >= 11 is 11.6. The Bertz CT molecular complexity index is 260. The van der Waals surface area contributed by atoms with Gasteiger partial charge in [-0.05, 0) is 46.5 Å². The number of alkyl halides is 1. The minimum Gasteiger partial charge on any atom is -0.466 e. The van der Waals surface area contributed by atoms with Crippen molar-refractivity contribution in [3.8, 4) is 0 Å². The van der Waals surface area contributed by atoms with Crippen molar-refractivity contribution in [3.05, 3.63) is 0 Å². The van der Waals surface area contributed by atoms with E-state index >= 15 is 0 Å². The Labute approximate surface area is 114 Å². The fourth-order valence-corrected chi connectivity index (χ4v) is 1.58. The van der Waals surface area contributed by atoms with E-state index in [1.165, 1.54) is 0 Å². The number of halogens is 2. The lowest BCUT2D eigenvalue weighted by molar-refractivity contribution is -0.143. The van der Waals surface area contributed by atoms with Crippen molar-refractivity contribution in [3.63, 3.8) is 0 Å². The molecule has 0 fully saturated rings. The summed E-state index contributed by atoms with van der Waals surface area (Å²) in [6, 6.07) is 0. The van der Waals surface area contributed by atoms with Gasteiger partial charge < -0.3 is 4.74 Å². The van der Waals surface area contributed by atoms with Crippen LogP contribution in [-0.2, 0) is 9.53 Å². The molecule has 0 unspecified atom stereocenters. The molecule has 0 rings (SSSR count). The average Bonchev–Trinajstić information content (AvgIpc) is 2.22. The van der Waals surface area contributed by atoms with E-state index in [1.54, 1.807) is 6.92 Å². The zero-order valence-corrected chi connectivity index (χ0v) is 12.3. The maximum absolute atomic E-state index is 11.1. The van der Waals surface area contributed by atoms with E-state index in [-0.39, 0.29) is 10.8 Å². The predicted octanol–water partition coefficient (Wildman–Crippen LogP) is 4.11. The fraction of sp³-hybridized carbons (Fsp3) is 0.833. The molecule has 3 nitrogen and oxygen atoms in total. The Balaban J connectivity index is 3.81. The molecule has 0 saturated carbocycles. The van der Waals surface area contributed by atoms with Crippen LogP contribution in [0, 0.1) is 0 Å². The van der Waals surface area contributed by atoms with Crippen LogP contribution in [0.25, 0.3) is 0 Å². The lowest BCUT2D eigenvalue weighted by Gasteiger charge is -2.15. The molecule has 100 valence electrons. The van der Waals surface area contributed by atoms with E-state index < -0.39 is 0 Å². The molecule has 17 heavy (non-hydrogen) atoms. The number of esters is 1. The number of carbonyl (C=O) groups is 1. The Morgan fingerprint density at radius 3 is 2.41 bits per heavy atom. The lowest BCUT2D eigenvalue weighted by atomic mass is 10.0. The third kappa shape index (κ3) is 10.6. The van der Waals surface area contributed by atoms with E-state index in [0.29, 0.717) is 19.4 Å². The van der Waals surface area contributed by atoms with Gasteiger partial charge in [-0.1, -0.05) is 0 Å². The van der Waals surface area contributed by atoms with Crippen LogP contribution in [0.3, 0.4) is 0 Å². The van der Waals surface area contributed by atoms with E-state index in [2.05, 4.69) is 4.51 Å². The Morgan fingerprint density at radius 1 is 1.29 bits per heavy atom.